The van der Waals surface area contributed by atoms with Gasteiger partial charge in [0.25, 0.3) is 0 Å². The maximum atomic E-state index is 10.5. The number of rotatable bonds is 0. The van der Waals surface area contributed by atoms with Crippen LogP contribution in [0.3, 0.4) is 0 Å². The first-order chi connectivity index (χ1) is 3.72. The Morgan fingerprint density at radius 1 is 2.00 bits per heavy atom. The minimum atomic E-state index is -0.289. The fraction of sp³-hybridized carbons (Fsp3) is 0.500. The standard InChI is InChI=1S/C4H6ClN2O/c1-7-3(5)2-6-4(7)8/h2-3H,1H3,(H,6,8). The van der Waals surface area contributed by atoms with E-state index in [0.29, 0.717) is 0 Å². The summed E-state index contributed by atoms with van der Waals surface area (Å²) in [5.41, 5.74) is -0.289. The smallest absolute Gasteiger partial charge is 0.318 e. The number of alkyl halides is 1. The quantitative estimate of drug-likeness (QED) is 0.376. The van der Waals surface area contributed by atoms with E-state index >= 15 is 0 Å². The number of nitrogens with one attached hydrogen (secondary N) is 1. The van der Waals surface area contributed by atoms with Crippen molar-refractivity contribution in [2.75, 3.05) is 7.05 Å². The molecule has 1 fully saturated rings. The SMILES string of the molecule is CN1C(=O)N[CH]C1Cl. The lowest BCUT2D eigenvalue weighted by Crippen LogP contribution is -2.26. The van der Waals surface area contributed by atoms with Crippen LogP contribution in [0.2, 0.25) is 0 Å². The molecule has 1 atom stereocenters. The summed E-state index contributed by atoms with van der Waals surface area (Å²) in [6.45, 7) is 1.53. The van der Waals surface area contributed by atoms with Crippen LogP contribution in [0.1, 0.15) is 0 Å². The Morgan fingerprint density at radius 3 is 2.75 bits per heavy atom. The summed E-state index contributed by atoms with van der Waals surface area (Å²) < 4.78 is 0. The van der Waals surface area contributed by atoms with E-state index in [1.165, 1.54) is 11.4 Å². The minimum absolute atomic E-state index is 0.148. The number of carbonyl (C=O) groups excluding carboxylic acids is 1. The van der Waals surface area contributed by atoms with Crippen molar-refractivity contribution in [1.29, 1.82) is 0 Å². The van der Waals surface area contributed by atoms with Crippen LogP contribution in [-0.2, 0) is 0 Å². The van der Waals surface area contributed by atoms with Gasteiger partial charge in [-0.15, -0.1) is 0 Å². The van der Waals surface area contributed by atoms with Crippen molar-refractivity contribution in [3.05, 3.63) is 6.54 Å². The molecule has 0 bridgehead atoms. The summed E-state index contributed by atoms with van der Waals surface area (Å²) in [6.07, 6.45) is 0. The zero-order valence-corrected chi connectivity index (χ0v) is 5.14. The van der Waals surface area contributed by atoms with Gasteiger partial charge in [-0.2, -0.15) is 0 Å². The predicted molar refractivity (Wildman–Crippen MR) is 30.2 cm³/mol. The van der Waals surface area contributed by atoms with Crippen molar-refractivity contribution in [3.63, 3.8) is 0 Å². The van der Waals surface area contributed by atoms with Crippen molar-refractivity contribution < 1.29 is 4.79 Å². The number of nitrogens with zero attached hydrogens (tertiary/aromatic N) is 1. The third-order valence-electron chi connectivity index (χ3n) is 1.03. The average molecular weight is 134 g/mol. The molecule has 0 aromatic rings. The summed E-state index contributed by atoms with van der Waals surface area (Å²) >= 11 is 5.54. The van der Waals surface area contributed by atoms with Gasteiger partial charge in [0.2, 0.25) is 0 Å². The maximum absolute atomic E-state index is 10.5. The molecular formula is C4H6ClN2O. The molecule has 0 aliphatic carbocycles. The van der Waals surface area contributed by atoms with Crippen LogP contribution in [0, 0.1) is 6.54 Å². The zero-order valence-electron chi connectivity index (χ0n) is 4.39. The van der Waals surface area contributed by atoms with Crippen LogP contribution in [0.15, 0.2) is 0 Å². The van der Waals surface area contributed by atoms with E-state index in [0.717, 1.165) is 0 Å². The van der Waals surface area contributed by atoms with Crippen molar-refractivity contribution in [3.8, 4) is 0 Å². The van der Waals surface area contributed by atoms with Gasteiger partial charge < -0.3 is 10.2 Å². The second kappa shape index (κ2) is 1.82. The predicted octanol–water partition coefficient (Wildman–Crippen LogP) is 0.368. The largest absolute Gasteiger partial charge is 0.330 e. The van der Waals surface area contributed by atoms with E-state index in [1.807, 2.05) is 0 Å². The van der Waals surface area contributed by atoms with Crippen LogP contribution in [0.5, 0.6) is 0 Å². The molecule has 2 amide bonds. The Morgan fingerprint density at radius 2 is 2.62 bits per heavy atom. The second-order valence-corrected chi connectivity index (χ2v) is 2.05. The van der Waals surface area contributed by atoms with Gasteiger partial charge in [-0.3, -0.25) is 0 Å². The van der Waals surface area contributed by atoms with Crippen LogP contribution in [0.25, 0.3) is 0 Å². The lowest BCUT2D eigenvalue weighted by Gasteiger charge is -2.08. The molecule has 0 spiro atoms. The van der Waals surface area contributed by atoms with E-state index in [4.69, 9.17) is 11.6 Å². The van der Waals surface area contributed by atoms with Crippen LogP contribution in [0.4, 0.5) is 4.79 Å². The van der Waals surface area contributed by atoms with Gasteiger partial charge in [0.15, 0.2) is 0 Å². The molecule has 0 aromatic heterocycles. The molecule has 1 rings (SSSR count). The van der Waals surface area contributed by atoms with E-state index in [9.17, 15) is 4.79 Å². The molecule has 1 N–H and O–H groups in total. The number of carbonyl (C=O) groups is 1. The highest BCUT2D eigenvalue weighted by Crippen LogP contribution is 2.09. The molecule has 1 saturated heterocycles. The Bertz CT molecular complexity index is 117. The van der Waals surface area contributed by atoms with Crippen molar-refractivity contribution >= 4 is 17.6 Å². The molecule has 1 unspecified atom stereocenters. The van der Waals surface area contributed by atoms with E-state index < -0.39 is 0 Å². The first kappa shape index (κ1) is 5.69. The molecule has 4 heteroatoms. The zero-order chi connectivity index (χ0) is 6.15. The van der Waals surface area contributed by atoms with Crippen LogP contribution in [-0.4, -0.2) is 23.5 Å². The first-order valence-electron chi connectivity index (χ1n) is 2.22. The van der Waals surface area contributed by atoms with Crippen molar-refractivity contribution in [2.45, 2.75) is 5.50 Å². The maximum Gasteiger partial charge on any atom is 0.318 e. The summed E-state index contributed by atoms with van der Waals surface area (Å²) in [4.78, 5) is 11.9. The molecule has 3 nitrogen and oxygen atoms in total. The van der Waals surface area contributed by atoms with Gasteiger partial charge in [-0.05, 0) is 0 Å². The van der Waals surface area contributed by atoms with Gasteiger partial charge in [0.1, 0.15) is 5.50 Å². The summed E-state index contributed by atoms with van der Waals surface area (Å²) in [6, 6.07) is -0.148. The molecule has 1 radical (unpaired) electrons. The highest BCUT2D eigenvalue weighted by atomic mass is 35.5. The van der Waals surface area contributed by atoms with Gasteiger partial charge in [0, 0.05) is 7.05 Å². The molecule has 1 heterocycles. The Labute approximate surface area is 52.6 Å². The van der Waals surface area contributed by atoms with Gasteiger partial charge in [0.05, 0.1) is 6.54 Å². The molecular weight excluding hydrogens is 128 g/mol. The summed E-state index contributed by atoms with van der Waals surface area (Å²) in [7, 11) is 1.64. The first-order valence-corrected chi connectivity index (χ1v) is 2.66. The summed E-state index contributed by atoms with van der Waals surface area (Å²) in [5.74, 6) is 0. The highest BCUT2D eigenvalue weighted by molar-refractivity contribution is 6.22. The molecule has 1 aliphatic rings. The molecule has 0 aromatic carbocycles. The second-order valence-electron chi connectivity index (χ2n) is 1.60. The third kappa shape index (κ3) is 0.733. The fourth-order valence-corrected chi connectivity index (χ4v) is 0.617. The van der Waals surface area contributed by atoms with E-state index in [-0.39, 0.29) is 11.5 Å². The summed E-state index contributed by atoms with van der Waals surface area (Å²) in [5, 5.41) is 2.45. The molecule has 45 valence electrons. The topological polar surface area (TPSA) is 32.3 Å². The number of halogens is 1. The normalized spacial score (nSPS) is 28.5. The van der Waals surface area contributed by atoms with Gasteiger partial charge in [-0.25, -0.2) is 4.79 Å². The van der Waals surface area contributed by atoms with Crippen molar-refractivity contribution in [1.82, 2.24) is 10.2 Å². The highest BCUT2D eigenvalue weighted by Gasteiger charge is 2.24. The lowest BCUT2D eigenvalue weighted by atomic mass is 10.6. The van der Waals surface area contributed by atoms with Crippen LogP contribution >= 0.6 is 11.6 Å². The number of hydrogen-bond donors (Lipinski definition) is 1. The van der Waals surface area contributed by atoms with E-state index in [1.54, 1.807) is 7.05 Å². The van der Waals surface area contributed by atoms with Crippen LogP contribution < -0.4 is 5.32 Å². The Balaban J connectivity index is 2.56. The molecule has 0 saturated carbocycles. The minimum Gasteiger partial charge on any atom is -0.330 e. The number of hydrogen-bond acceptors (Lipinski definition) is 1. The number of urea groups is 1. The number of likely N-dealkylation sites (N-methyl/N-ethyl adjacent to an activating group) is 1. The fourth-order valence-electron chi connectivity index (χ4n) is 0.466. The Hall–Kier alpha value is -0.440. The average Bonchev–Trinajstić information content (AvgIpc) is 1.98. The van der Waals surface area contributed by atoms with Crippen molar-refractivity contribution in [2.24, 2.45) is 0 Å². The Kier molecular flexibility index (Phi) is 1.29. The van der Waals surface area contributed by atoms with E-state index in [2.05, 4.69) is 5.32 Å². The number of amides is 2. The molecule has 8 heavy (non-hydrogen) atoms. The monoisotopic (exact) mass is 133 g/mol. The van der Waals surface area contributed by atoms with Gasteiger partial charge >= 0.3 is 6.03 Å². The lowest BCUT2D eigenvalue weighted by molar-refractivity contribution is 0.223. The molecule has 1 aliphatic heterocycles. The van der Waals surface area contributed by atoms with Gasteiger partial charge in [-0.1, -0.05) is 11.6 Å². The third-order valence-corrected chi connectivity index (χ3v) is 1.45.